The van der Waals surface area contributed by atoms with Gasteiger partial charge >= 0.3 is 0 Å². The number of aromatic nitrogens is 2. The van der Waals surface area contributed by atoms with Gasteiger partial charge in [-0.3, -0.25) is 9.59 Å². The number of nitrogens with one attached hydrogen (secondary N) is 1. The van der Waals surface area contributed by atoms with Gasteiger partial charge in [0.25, 0.3) is 5.91 Å². The molecule has 29 heavy (non-hydrogen) atoms. The van der Waals surface area contributed by atoms with Gasteiger partial charge in [-0.05, 0) is 29.7 Å². The smallest absolute Gasteiger partial charge is 0.259 e. The monoisotopic (exact) mass is 408 g/mol. The average molecular weight is 409 g/mol. The molecule has 1 aliphatic heterocycles. The minimum Gasteiger partial charge on any atom is -0.334 e. The Bertz CT molecular complexity index is 1080. The van der Waals surface area contributed by atoms with Crippen molar-refractivity contribution in [3.8, 4) is 5.69 Å². The van der Waals surface area contributed by atoms with Crippen molar-refractivity contribution < 1.29 is 9.59 Å². The number of para-hydroxylation sites is 1. The first-order chi connectivity index (χ1) is 14.1. The summed E-state index contributed by atoms with van der Waals surface area (Å²) in [5.41, 5.74) is 3.36. The van der Waals surface area contributed by atoms with Crippen LogP contribution in [0.2, 0.25) is 5.02 Å². The Balaban J connectivity index is 1.71. The van der Waals surface area contributed by atoms with Crippen LogP contribution in [0.25, 0.3) is 5.69 Å². The van der Waals surface area contributed by atoms with Crippen LogP contribution in [-0.4, -0.2) is 33.0 Å². The van der Waals surface area contributed by atoms with E-state index >= 15 is 0 Å². The first-order valence-corrected chi connectivity index (χ1v) is 9.95. The summed E-state index contributed by atoms with van der Waals surface area (Å²) in [6.07, 6.45) is 2.59. The van der Waals surface area contributed by atoms with Crippen molar-refractivity contribution in [3.63, 3.8) is 0 Å². The molecule has 0 aliphatic carbocycles. The molecule has 148 valence electrons. The first kappa shape index (κ1) is 19.2. The molecule has 0 bridgehead atoms. The molecule has 2 aromatic carbocycles. The molecule has 0 saturated carbocycles. The largest absolute Gasteiger partial charge is 0.334 e. The van der Waals surface area contributed by atoms with Crippen LogP contribution in [0.15, 0.2) is 54.7 Å². The fourth-order valence-corrected chi connectivity index (χ4v) is 3.71. The van der Waals surface area contributed by atoms with Gasteiger partial charge in [0.2, 0.25) is 5.91 Å². The van der Waals surface area contributed by atoms with Crippen LogP contribution in [0.5, 0.6) is 0 Å². The van der Waals surface area contributed by atoms with Crippen molar-refractivity contribution in [2.75, 3.05) is 11.9 Å². The SMILES string of the molecule is CCC(=O)Nc1c(C(=O)N2CCc3ccccc3C2)cnn1-c1ccccc1Cl. The van der Waals surface area contributed by atoms with E-state index in [9.17, 15) is 9.59 Å². The molecule has 2 amide bonds. The lowest BCUT2D eigenvalue weighted by atomic mass is 9.99. The third kappa shape index (κ3) is 3.76. The van der Waals surface area contributed by atoms with Crippen LogP contribution in [0.3, 0.4) is 0 Å². The number of anilines is 1. The lowest BCUT2D eigenvalue weighted by Gasteiger charge is -2.29. The van der Waals surface area contributed by atoms with E-state index in [2.05, 4.69) is 16.5 Å². The van der Waals surface area contributed by atoms with E-state index < -0.39 is 0 Å². The highest BCUT2D eigenvalue weighted by atomic mass is 35.5. The van der Waals surface area contributed by atoms with Crippen molar-refractivity contribution in [1.82, 2.24) is 14.7 Å². The number of hydrogen-bond acceptors (Lipinski definition) is 3. The molecule has 0 saturated heterocycles. The number of rotatable bonds is 4. The number of fused-ring (bicyclic) bond motifs is 1. The Morgan fingerprint density at radius 3 is 2.59 bits per heavy atom. The summed E-state index contributed by atoms with van der Waals surface area (Å²) >= 11 is 6.33. The Kier molecular flexibility index (Phi) is 5.36. The molecule has 1 N–H and O–H groups in total. The van der Waals surface area contributed by atoms with E-state index in [0.717, 1.165) is 12.0 Å². The molecule has 0 atom stereocenters. The number of nitrogens with zero attached hydrogens (tertiary/aromatic N) is 3. The Morgan fingerprint density at radius 2 is 1.83 bits per heavy atom. The van der Waals surface area contributed by atoms with Crippen LogP contribution >= 0.6 is 11.6 Å². The fourth-order valence-electron chi connectivity index (χ4n) is 3.49. The predicted molar refractivity (Wildman–Crippen MR) is 112 cm³/mol. The van der Waals surface area contributed by atoms with E-state index in [0.29, 0.717) is 41.6 Å². The van der Waals surface area contributed by atoms with E-state index in [4.69, 9.17) is 11.6 Å². The molecule has 1 aromatic heterocycles. The van der Waals surface area contributed by atoms with Gasteiger partial charge in [0.1, 0.15) is 11.4 Å². The third-order valence-electron chi connectivity index (χ3n) is 5.08. The summed E-state index contributed by atoms with van der Waals surface area (Å²) in [6, 6.07) is 15.3. The maximum absolute atomic E-state index is 13.3. The number of carbonyl (C=O) groups is 2. The first-order valence-electron chi connectivity index (χ1n) is 9.57. The molecule has 1 aliphatic rings. The van der Waals surface area contributed by atoms with E-state index in [-0.39, 0.29) is 11.8 Å². The lowest BCUT2D eigenvalue weighted by Crippen LogP contribution is -2.36. The molecule has 0 fully saturated rings. The highest BCUT2D eigenvalue weighted by Crippen LogP contribution is 2.28. The van der Waals surface area contributed by atoms with Gasteiger partial charge in [-0.1, -0.05) is 54.9 Å². The van der Waals surface area contributed by atoms with E-state index in [1.54, 1.807) is 24.0 Å². The van der Waals surface area contributed by atoms with Crippen LogP contribution in [0, 0.1) is 0 Å². The number of carbonyl (C=O) groups excluding carboxylic acids is 2. The number of halogens is 1. The topological polar surface area (TPSA) is 67.2 Å². The molecule has 0 radical (unpaired) electrons. The molecule has 0 spiro atoms. The molecular weight excluding hydrogens is 388 g/mol. The quantitative estimate of drug-likeness (QED) is 0.707. The minimum absolute atomic E-state index is 0.163. The zero-order valence-corrected chi connectivity index (χ0v) is 16.8. The normalized spacial score (nSPS) is 13.1. The molecule has 4 rings (SSSR count). The second kappa shape index (κ2) is 8.09. The Hall–Kier alpha value is -3.12. The second-order valence-corrected chi connectivity index (χ2v) is 7.32. The van der Waals surface area contributed by atoms with Gasteiger partial charge in [-0.15, -0.1) is 0 Å². The summed E-state index contributed by atoms with van der Waals surface area (Å²) in [6.45, 7) is 2.91. The molecule has 2 heterocycles. The lowest BCUT2D eigenvalue weighted by molar-refractivity contribution is -0.115. The van der Waals surface area contributed by atoms with Gasteiger partial charge in [0.15, 0.2) is 0 Å². The minimum atomic E-state index is -0.197. The summed E-state index contributed by atoms with van der Waals surface area (Å²) in [5, 5.41) is 7.67. The Labute approximate surface area is 174 Å². The molecular formula is C22H21ClN4O2. The zero-order valence-electron chi connectivity index (χ0n) is 16.1. The number of hydrogen-bond donors (Lipinski definition) is 1. The summed E-state index contributed by atoms with van der Waals surface area (Å²) < 4.78 is 1.51. The van der Waals surface area contributed by atoms with E-state index in [1.807, 2.05) is 30.3 Å². The average Bonchev–Trinajstić information content (AvgIpc) is 3.16. The van der Waals surface area contributed by atoms with Gasteiger partial charge in [-0.2, -0.15) is 5.10 Å². The Morgan fingerprint density at radius 1 is 1.10 bits per heavy atom. The highest BCUT2D eigenvalue weighted by molar-refractivity contribution is 6.32. The van der Waals surface area contributed by atoms with Gasteiger partial charge in [0, 0.05) is 19.5 Å². The second-order valence-electron chi connectivity index (χ2n) is 6.92. The molecule has 7 heteroatoms. The van der Waals surface area contributed by atoms with Crippen LogP contribution < -0.4 is 5.32 Å². The summed E-state index contributed by atoms with van der Waals surface area (Å²) in [7, 11) is 0. The van der Waals surface area contributed by atoms with Gasteiger partial charge < -0.3 is 10.2 Å². The van der Waals surface area contributed by atoms with Crippen molar-refractivity contribution in [3.05, 3.63) is 76.4 Å². The van der Waals surface area contributed by atoms with Crippen molar-refractivity contribution in [1.29, 1.82) is 0 Å². The van der Waals surface area contributed by atoms with E-state index in [1.165, 1.54) is 16.4 Å². The van der Waals surface area contributed by atoms with Crippen LogP contribution in [0.4, 0.5) is 5.82 Å². The third-order valence-corrected chi connectivity index (χ3v) is 5.40. The maximum Gasteiger partial charge on any atom is 0.259 e. The van der Waals surface area contributed by atoms with Gasteiger partial charge in [-0.25, -0.2) is 4.68 Å². The fraction of sp³-hybridized carbons (Fsp3) is 0.227. The zero-order chi connectivity index (χ0) is 20.4. The van der Waals surface area contributed by atoms with Crippen molar-refractivity contribution >= 4 is 29.2 Å². The molecule has 0 unspecified atom stereocenters. The molecule has 3 aromatic rings. The number of benzene rings is 2. The standard InChI is InChI=1S/C22H21ClN4O2/c1-2-20(28)25-21-17(13-24-27(21)19-10-6-5-9-18(19)23)22(29)26-12-11-15-7-3-4-8-16(15)14-26/h3-10,13H,2,11-12,14H2,1H3,(H,25,28). The van der Waals surface area contributed by atoms with Crippen molar-refractivity contribution in [2.24, 2.45) is 0 Å². The maximum atomic E-state index is 13.3. The summed E-state index contributed by atoms with van der Waals surface area (Å²) in [4.78, 5) is 27.3. The molecule has 6 nitrogen and oxygen atoms in total. The van der Waals surface area contributed by atoms with Crippen molar-refractivity contribution in [2.45, 2.75) is 26.3 Å². The van der Waals surface area contributed by atoms with Crippen LogP contribution in [0.1, 0.15) is 34.8 Å². The van der Waals surface area contributed by atoms with Crippen LogP contribution in [-0.2, 0) is 17.8 Å². The summed E-state index contributed by atoms with van der Waals surface area (Å²) in [5.74, 6) is -0.0186. The highest BCUT2D eigenvalue weighted by Gasteiger charge is 2.27. The number of amides is 2. The van der Waals surface area contributed by atoms with Gasteiger partial charge in [0.05, 0.1) is 16.9 Å². The predicted octanol–water partition coefficient (Wildman–Crippen LogP) is 4.07.